The van der Waals surface area contributed by atoms with Crippen molar-refractivity contribution in [1.82, 2.24) is 0 Å². The molecule has 0 amide bonds. The van der Waals surface area contributed by atoms with Crippen LogP contribution in [0.3, 0.4) is 0 Å². The first kappa shape index (κ1) is 70.7. The lowest BCUT2D eigenvalue weighted by molar-refractivity contribution is -0.870. The number of unbranched alkanes of at least 4 members (excludes halogenated alkanes) is 21. The van der Waals surface area contributed by atoms with Gasteiger partial charge in [-0.1, -0.05) is 245 Å². The van der Waals surface area contributed by atoms with E-state index in [4.69, 9.17) is 18.5 Å². The number of carbonyl (C=O) groups is 2. The van der Waals surface area contributed by atoms with Gasteiger partial charge in [-0.3, -0.25) is 14.2 Å². The number of allylic oxidation sites excluding steroid dienone is 18. The highest BCUT2D eigenvalue weighted by molar-refractivity contribution is 7.45. The molecule has 0 aliphatic carbocycles. The second-order valence-corrected chi connectivity index (χ2v) is 22.0. The highest BCUT2D eigenvalue weighted by Gasteiger charge is 2.21. The molecule has 424 valence electrons. The quantitative estimate of drug-likeness (QED) is 0.0195. The van der Waals surface area contributed by atoms with Gasteiger partial charge in [-0.2, -0.15) is 0 Å². The fourth-order valence-electron chi connectivity index (χ4n) is 7.77. The minimum Gasteiger partial charge on any atom is -0.756 e. The number of phosphoric ester groups is 1. The molecule has 0 aromatic carbocycles. The summed E-state index contributed by atoms with van der Waals surface area (Å²) < 4.78 is 34.0. The van der Waals surface area contributed by atoms with E-state index in [0.29, 0.717) is 17.4 Å². The van der Waals surface area contributed by atoms with Gasteiger partial charge in [0.15, 0.2) is 6.10 Å². The van der Waals surface area contributed by atoms with Gasteiger partial charge in [-0.25, -0.2) is 0 Å². The van der Waals surface area contributed by atoms with E-state index >= 15 is 0 Å². The van der Waals surface area contributed by atoms with Crippen molar-refractivity contribution in [1.29, 1.82) is 0 Å². The van der Waals surface area contributed by atoms with Crippen molar-refractivity contribution in [2.45, 2.75) is 238 Å². The van der Waals surface area contributed by atoms with Crippen LogP contribution >= 0.6 is 7.82 Å². The molecule has 74 heavy (non-hydrogen) atoms. The summed E-state index contributed by atoms with van der Waals surface area (Å²) >= 11 is 0. The molecule has 0 fully saturated rings. The molecular formula is C64H110NO8P. The molecule has 0 radical (unpaired) electrons. The van der Waals surface area contributed by atoms with Crippen molar-refractivity contribution < 1.29 is 42.1 Å². The normalized spacial score (nSPS) is 14.1. The van der Waals surface area contributed by atoms with Crippen LogP contribution in [0.1, 0.15) is 232 Å². The molecule has 0 saturated carbocycles. The van der Waals surface area contributed by atoms with Gasteiger partial charge in [-0.15, -0.1) is 0 Å². The summed E-state index contributed by atoms with van der Waals surface area (Å²) in [6.45, 7) is 4.09. The first-order chi connectivity index (χ1) is 36.0. The fraction of sp³-hybridized carbons (Fsp3) is 0.688. The van der Waals surface area contributed by atoms with E-state index in [1.807, 2.05) is 21.1 Å². The number of hydrogen-bond acceptors (Lipinski definition) is 8. The molecule has 0 rings (SSSR count). The highest BCUT2D eigenvalue weighted by Crippen LogP contribution is 2.38. The summed E-state index contributed by atoms with van der Waals surface area (Å²) in [5.41, 5.74) is 0. The third kappa shape index (κ3) is 57.9. The van der Waals surface area contributed by atoms with E-state index in [-0.39, 0.29) is 32.0 Å². The maximum atomic E-state index is 12.7. The number of nitrogens with zero attached hydrogens (tertiary/aromatic N) is 1. The minimum atomic E-state index is -4.63. The predicted octanol–water partition coefficient (Wildman–Crippen LogP) is 18.0. The molecule has 10 heteroatoms. The summed E-state index contributed by atoms with van der Waals surface area (Å²) in [5, 5.41) is 0. The van der Waals surface area contributed by atoms with Crippen molar-refractivity contribution in [3.63, 3.8) is 0 Å². The van der Waals surface area contributed by atoms with Gasteiger partial charge in [0.2, 0.25) is 0 Å². The van der Waals surface area contributed by atoms with Crippen molar-refractivity contribution in [2.24, 2.45) is 0 Å². The average Bonchev–Trinajstić information content (AvgIpc) is 3.36. The van der Waals surface area contributed by atoms with Gasteiger partial charge >= 0.3 is 11.9 Å². The monoisotopic (exact) mass is 1050 g/mol. The minimum absolute atomic E-state index is 0.0333. The number of likely N-dealkylation sites (N-methyl/N-ethyl adjacent to an activating group) is 1. The number of quaternary nitrogens is 1. The molecule has 2 atom stereocenters. The standard InChI is InChI=1S/C64H110NO8P/c1-6-8-10-12-14-16-17-18-19-20-21-22-23-24-25-26-27-28-29-30-31-32-33-34-35-36-37-38-39-40-41-42-43-44-45-46-47-49-51-53-55-57-64(67)73-62(61-72-74(68,69)71-59-58-65(3,4)5)60-70-63(66)56-54-52-50-48-15-13-11-9-7-2/h8,10,14,16,18-19,21-22,24-25,27-28,30-31,33-34,36-37,62H,6-7,9,11-13,15,17,20,23,26,29,32,35,38-61H2,1-5H3/b10-8-,16-14-,19-18-,22-21-,25-24-,28-27-,31-30-,34-33-,37-36-. The Kier molecular flexibility index (Phi) is 52.0. The zero-order valence-electron chi connectivity index (χ0n) is 48.0. The molecule has 0 N–H and O–H groups in total. The van der Waals surface area contributed by atoms with Crippen molar-refractivity contribution >= 4 is 19.8 Å². The van der Waals surface area contributed by atoms with Crippen LogP contribution in [0.5, 0.6) is 0 Å². The smallest absolute Gasteiger partial charge is 0.306 e. The lowest BCUT2D eigenvalue weighted by Crippen LogP contribution is -2.37. The Morgan fingerprint density at radius 2 is 0.770 bits per heavy atom. The summed E-state index contributed by atoms with van der Waals surface area (Å²) in [4.78, 5) is 37.6. The lowest BCUT2D eigenvalue weighted by atomic mass is 10.0. The van der Waals surface area contributed by atoms with E-state index in [9.17, 15) is 19.0 Å². The third-order valence-corrected chi connectivity index (χ3v) is 13.3. The second kappa shape index (κ2) is 54.5. The van der Waals surface area contributed by atoms with E-state index in [1.165, 1.54) is 103 Å². The Hall–Kier alpha value is -3.33. The Balaban J connectivity index is 3.96. The molecular weight excluding hydrogens is 942 g/mol. The van der Waals surface area contributed by atoms with Gasteiger partial charge < -0.3 is 27.9 Å². The summed E-state index contributed by atoms with van der Waals surface area (Å²) in [6.07, 6.45) is 76.0. The Morgan fingerprint density at radius 3 is 1.15 bits per heavy atom. The van der Waals surface area contributed by atoms with Gasteiger partial charge in [0.05, 0.1) is 27.7 Å². The number of hydrogen-bond donors (Lipinski definition) is 0. The van der Waals surface area contributed by atoms with Crippen LogP contribution in [0, 0.1) is 0 Å². The van der Waals surface area contributed by atoms with E-state index < -0.39 is 26.5 Å². The van der Waals surface area contributed by atoms with Gasteiger partial charge in [0.25, 0.3) is 7.82 Å². The number of carbonyl (C=O) groups excluding carboxylic acids is 2. The molecule has 0 aromatic heterocycles. The zero-order chi connectivity index (χ0) is 54.2. The van der Waals surface area contributed by atoms with Crippen LogP contribution < -0.4 is 4.89 Å². The molecule has 0 saturated heterocycles. The van der Waals surface area contributed by atoms with Crippen LogP contribution in [0.2, 0.25) is 0 Å². The largest absolute Gasteiger partial charge is 0.756 e. The number of ether oxygens (including phenoxy) is 2. The maximum Gasteiger partial charge on any atom is 0.306 e. The average molecular weight is 1050 g/mol. The molecule has 0 bridgehead atoms. The molecule has 0 aromatic rings. The second-order valence-electron chi connectivity index (χ2n) is 20.6. The number of esters is 2. The SMILES string of the molecule is CC/C=C\C/C=C\C/C=C\C/C=C\C/C=C\C/C=C\C/C=C\C/C=C\C/C=C\CCCCCCCCCCCCCCCC(=O)OC(COC(=O)CCCCCCCCCCC)COP(=O)([O-])OCC[N+](C)(C)C. The first-order valence-corrected chi connectivity index (χ1v) is 31.1. The Morgan fingerprint density at radius 1 is 0.432 bits per heavy atom. The lowest BCUT2D eigenvalue weighted by Gasteiger charge is -2.28. The van der Waals surface area contributed by atoms with Crippen molar-refractivity contribution in [2.75, 3.05) is 47.5 Å². The van der Waals surface area contributed by atoms with Gasteiger partial charge in [-0.05, 0) is 83.5 Å². The molecule has 0 aliphatic rings. The van der Waals surface area contributed by atoms with Gasteiger partial charge in [0, 0.05) is 12.8 Å². The number of phosphoric acid groups is 1. The topological polar surface area (TPSA) is 111 Å². The van der Waals surface area contributed by atoms with Crippen molar-refractivity contribution in [3.05, 3.63) is 109 Å². The Bertz CT molecular complexity index is 1620. The van der Waals surface area contributed by atoms with Crippen LogP contribution in [0.4, 0.5) is 0 Å². The molecule has 0 aliphatic heterocycles. The van der Waals surface area contributed by atoms with Crippen LogP contribution in [-0.2, 0) is 32.7 Å². The maximum absolute atomic E-state index is 12.7. The fourth-order valence-corrected chi connectivity index (χ4v) is 8.49. The van der Waals surface area contributed by atoms with E-state index in [0.717, 1.165) is 96.3 Å². The van der Waals surface area contributed by atoms with Gasteiger partial charge in [0.1, 0.15) is 19.8 Å². The summed E-state index contributed by atoms with van der Waals surface area (Å²) in [6, 6.07) is 0. The van der Waals surface area contributed by atoms with E-state index in [1.54, 1.807) is 0 Å². The van der Waals surface area contributed by atoms with Crippen LogP contribution in [0.25, 0.3) is 0 Å². The molecule has 9 nitrogen and oxygen atoms in total. The highest BCUT2D eigenvalue weighted by atomic mass is 31.2. The molecule has 2 unspecified atom stereocenters. The Labute approximate surface area is 455 Å². The van der Waals surface area contributed by atoms with E-state index in [2.05, 4.69) is 123 Å². The van der Waals surface area contributed by atoms with Crippen LogP contribution in [0.15, 0.2) is 109 Å². The summed E-state index contributed by atoms with van der Waals surface area (Å²) in [5.74, 6) is -0.839. The first-order valence-electron chi connectivity index (χ1n) is 29.6. The van der Waals surface area contributed by atoms with Crippen molar-refractivity contribution in [3.8, 4) is 0 Å². The predicted molar refractivity (Wildman–Crippen MR) is 314 cm³/mol. The van der Waals surface area contributed by atoms with Crippen LogP contribution in [-0.4, -0.2) is 70.0 Å². The molecule has 0 heterocycles. The zero-order valence-corrected chi connectivity index (χ0v) is 48.9. The summed E-state index contributed by atoms with van der Waals surface area (Å²) in [7, 11) is 1.16. The number of rotatable bonds is 53. The third-order valence-electron chi connectivity index (χ3n) is 12.3. The molecule has 0 spiro atoms.